The van der Waals surface area contributed by atoms with Crippen LogP contribution in [0.2, 0.25) is 0 Å². The number of likely N-dealkylation sites (tertiary alicyclic amines) is 1. The van der Waals surface area contributed by atoms with Crippen LogP contribution in [0.1, 0.15) is 19.8 Å². The fourth-order valence-electron chi connectivity index (χ4n) is 1.77. The number of hydrogen-bond donors (Lipinski definition) is 1. The lowest BCUT2D eigenvalue weighted by Gasteiger charge is -2.37. The number of aliphatic hydroxyl groups is 1. The maximum atomic E-state index is 10.00. The molecule has 74 valence electrons. The van der Waals surface area contributed by atoms with Gasteiger partial charge in [0, 0.05) is 11.5 Å². The van der Waals surface area contributed by atoms with E-state index in [4.69, 9.17) is 5.53 Å². The van der Waals surface area contributed by atoms with Crippen LogP contribution in [0.3, 0.4) is 0 Å². The lowest BCUT2D eigenvalue weighted by molar-refractivity contribution is -0.0214. The molecule has 1 atom stereocenters. The molecule has 0 aromatic heterocycles. The van der Waals surface area contributed by atoms with Crippen LogP contribution in [0.4, 0.5) is 0 Å². The molecule has 0 aromatic rings. The fraction of sp³-hybridized carbons (Fsp3) is 1.00. The minimum atomic E-state index is -0.791. The smallest absolute Gasteiger partial charge is 0.0830 e. The second kappa shape index (κ2) is 4.46. The first-order valence-electron chi connectivity index (χ1n) is 4.66. The van der Waals surface area contributed by atoms with Gasteiger partial charge in [-0.05, 0) is 31.5 Å². The van der Waals surface area contributed by atoms with Crippen LogP contribution in [0, 0.1) is 0 Å². The highest BCUT2D eigenvalue weighted by Crippen LogP contribution is 2.21. The van der Waals surface area contributed by atoms with Crippen molar-refractivity contribution in [2.75, 3.05) is 26.2 Å². The van der Waals surface area contributed by atoms with Crippen LogP contribution >= 0.6 is 0 Å². The number of hydrogen-bond acceptors (Lipinski definition) is 3. The van der Waals surface area contributed by atoms with Crippen molar-refractivity contribution in [1.82, 2.24) is 4.90 Å². The van der Waals surface area contributed by atoms with E-state index in [1.165, 1.54) is 0 Å². The minimum absolute atomic E-state index is 0.194. The van der Waals surface area contributed by atoms with E-state index in [1.54, 1.807) is 0 Å². The van der Waals surface area contributed by atoms with Crippen LogP contribution in [-0.2, 0) is 0 Å². The van der Waals surface area contributed by atoms with Gasteiger partial charge in [0.2, 0.25) is 0 Å². The van der Waals surface area contributed by atoms with Gasteiger partial charge in [0.25, 0.3) is 0 Å². The van der Waals surface area contributed by atoms with Crippen molar-refractivity contribution in [3.05, 3.63) is 10.4 Å². The Hall–Kier alpha value is -0.770. The molecule has 1 N–H and O–H groups in total. The van der Waals surface area contributed by atoms with Gasteiger partial charge in [-0.1, -0.05) is 12.0 Å². The first-order chi connectivity index (χ1) is 6.20. The quantitative estimate of drug-likeness (QED) is 0.406. The van der Waals surface area contributed by atoms with Crippen LogP contribution in [0.25, 0.3) is 10.4 Å². The summed E-state index contributed by atoms with van der Waals surface area (Å²) in [6.07, 6.45) is 1.72. The molecule has 0 bridgehead atoms. The average molecular weight is 184 g/mol. The summed E-state index contributed by atoms with van der Waals surface area (Å²) in [5.74, 6) is 0. The first-order valence-corrected chi connectivity index (χ1v) is 4.66. The number of likely N-dealkylation sites (N-methyl/N-ethyl adjacent to an activating group) is 1. The van der Waals surface area contributed by atoms with Crippen molar-refractivity contribution in [2.45, 2.75) is 25.4 Å². The second-order valence-electron chi connectivity index (χ2n) is 3.59. The predicted molar refractivity (Wildman–Crippen MR) is 50.3 cm³/mol. The van der Waals surface area contributed by atoms with E-state index in [9.17, 15) is 5.11 Å². The largest absolute Gasteiger partial charge is 0.388 e. The van der Waals surface area contributed by atoms with Crippen molar-refractivity contribution in [3.8, 4) is 0 Å². The van der Waals surface area contributed by atoms with Crippen molar-refractivity contribution < 1.29 is 5.11 Å². The van der Waals surface area contributed by atoms with Crippen LogP contribution in [-0.4, -0.2) is 41.8 Å². The third-order valence-corrected chi connectivity index (χ3v) is 2.51. The molecule has 5 nitrogen and oxygen atoms in total. The summed E-state index contributed by atoms with van der Waals surface area (Å²) in [7, 11) is 0. The normalized spacial score (nSPS) is 29.7. The summed E-state index contributed by atoms with van der Waals surface area (Å²) in [6, 6.07) is 0. The molecule has 0 amide bonds. The van der Waals surface area contributed by atoms with Gasteiger partial charge in [-0.15, -0.1) is 0 Å². The predicted octanol–water partition coefficient (Wildman–Crippen LogP) is 1.14. The van der Waals surface area contributed by atoms with Gasteiger partial charge < -0.3 is 10.0 Å². The third kappa shape index (κ3) is 2.88. The van der Waals surface area contributed by atoms with Crippen molar-refractivity contribution in [3.63, 3.8) is 0 Å². The minimum Gasteiger partial charge on any atom is -0.388 e. The SMILES string of the molecule is CCN1CCCC(O)(CN=[N+]=[N-])C1. The van der Waals surface area contributed by atoms with Gasteiger partial charge in [0.1, 0.15) is 0 Å². The molecule has 0 saturated carbocycles. The summed E-state index contributed by atoms with van der Waals surface area (Å²) in [5, 5.41) is 13.4. The molecule has 0 spiro atoms. The van der Waals surface area contributed by atoms with Crippen LogP contribution < -0.4 is 0 Å². The number of azide groups is 1. The van der Waals surface area contributed by atoms with E-state index >= 15 is 0 Å². The topological polar surface area (TPSA) is 72.2 Å². The van der Waals surface area contributed by atoms with E-state index in [2.05, 4.69) is 21.8 Å². The molecular weight excluding hydrogens is 168 g/mol. The Morgan fingerprint density at radius 1 is 1.69 bits per heavy atom. The van der Waals surface area contributed by atoms with E-state index in [-0.39, 0.29) is 6.54 Å². The highest BCUT2D eigenvalue weighted by Gasteiger charge is 2.31. The molecule has 1 fully saturated rings. The van der Waals surface area contributed by atoms with E-state index in [1.807, 2.05) is 0 Å². The molecular formula is C8H16N4O. The number of nitrogens with zero attached hydrogens (tertiary/aromatic N) is 4. The summed E-state index contributed by atoms with van der Waals surface area (Å²) in [6.45, 7) is 4.87. The first kappa shape index (κ1) is 10.3. The molecule has 13 heavy (non-hydrogen) atoms. The molecule has 1 unspecified atom stereocenters. The summed E-state index contributed by atoms with van der Waals surface area (Å²) >= 11 is 0. The zero-order valence-electron chi connectivity index (χ0n) is 7.98. The Balaban J connectivity index is 2.51. The van der Waals surface area contributed by atoms with Crippen LogP contribution in [0.5, 0.6) is 0 Å². The summed E-state index contributed by atoms with van der Waals surface area (Å²) in [5.41, 5.74) is 7.38. The fourth-order valence-corrected chi connectivity index (χ4v) is 1.77. The van der Waals surface area contributed by atoms with Gasteiger partial charge in [-0.3, -0.25) is 0 Å². The molecule has 5 heteroatoms. The standard InChI is InChI=1S/C8H16N4O/c1-2-12-5-3-4-8(13,7-12)6-10-11-9/h13H,2-7H2,1H3. The molecule has 1 aliphatic rings. The van der Waals surface area contributed by atoms with Crippen molar-refractivity contribution in [2.24, 2.45) is 5.11 Å². The van der Waals surface area contributed by atoms with E-state index in [0.29, 0.717) is 6.54 Å². The van der Waals surface area contributed by atoms with Gasteiger partial charge in [0.15, 0.2) is 0 Å². The zero-order valence-corrected chi connectivity index (χ0v) is 7.98. The molecule has 0 aliphatic carbocycles. The van der Waals surface area contributed by atoms with E-state index in [0.717, 1.165) is 25.9 Å². The van der Waals surface area contributed by atoms with Gasteiger partial charge in [-0.2, -0.15) is 0 Å². The highest BCUT2D eigenvalue weighted by molar-refractivity contribution is 4.88. The Kier molecular flexibility index (Phi) is 3.54. The Bertz CT molecular complexity index is 214. The second-order valence-corrected chi connectivity index (χ2v) is 3.59. The number of β-amino-alcohol motifs (C(OH)–C–C–N with tert-alkyl or cyclic N) is 1. The number of rotatable bonds is 3. The highest BCUT2D eigenvalue weighted by atomic mass is 16.3. The molecule has 1 heterocycles. The maximum absolute atomic E-state index is 10.00. The maximum Gasteiger partial charge on any atom is 0.0830 e. The van der Waals surface area contributed by atoms with Gasteiger partial charge in [-0.25, -0.2) is 0 Å². The monoisotopic (exact) mass is 184 g/mol. The molecule has 1 saturated heterocycles. The van der Waals surface area contributed by atoms with E-state index < -0.39 is 5.60 Å². The Labute approximate surface area is 78.0 Å². The van der Waals surface area contributed by atoms with Gasteiger partial charge >= 0.3 is 0 Å². The zero-order chi connectivity index (χ0) is 9.73. The number of piperidine rings is 1. The molecule has 1 aliphatic heterocycles. The lowest BCUT2D eigenvalue weighted by atomic mass is 9.93. The lowest BCUT2D eigenvalue weighted by Crippen LogP contribution is -2.49. The van der Waals surface area contributed by atoms with Crippen LogP contribution in [0.15, 0.2) is 5.11 Å². The van der Waals surface area contributed by atoms with Gasteiger partial charge in [0.05, 0.1) is 12.1 Å². The Morgan fingerprint density at radius 2 is 2.46 bits per heavy atom. The molecule has 0 radical (unpaired) electrons. The summed E-state index contributed by atoms with van der Waals surface area (Å²) < 4.78 is 0. The average Bonchev–Trinajstić information content (AvgIpc) is 2.15. The molecule has 0 aromatic carbocycles. The summed E-state index contributed by atoms with van der Waals surface area (Å²) in [4.78, 5) is 4.85. The Morgan fingerprint density at radius 3 is 3.08 bits per heavy atom. The van der Waals surface area contributed by atoms with Crippen molar-refractivity contribution in [1.29, 1.82) is 0 Å². The molecule has 1 rings (SSSR count). The third-order valence-electron chi connectivity index (χ3n) is 2.51. The van der Waals surface area contributed by atoms with Crippen molar-refractivity contribution >= 4 is 0 Å².